The number of alkyl halides is 3. The first kappa shape index (κ1) is 20.4. The van der Waals surface area contributed by atoms with Crippen LogP contribution in [0.2, 0.25) is 0 Å². The standard InChI is InChI=1S/C19H19F4N3OS/c20-15-4-1-2-5-16(15)28-13-18(27)26-9-3-8-25(10-11-26)17-7-6-14(12-24-17)19(21,22)23/h1-2,4-7,12H,3,8-11,13H2. The third-order valence-corrected chi connectivity index (χ3v) is 5.47. The molecule has 0 spiro atoms. The summed E-state index contributed by atoms with van der Waals surface area (Å²) in [5, 5.41) is 0. The number of nitrogens with zero attached hydrogens (tertiary/aromatic N) is 3. The van der Waals surface area contributed by atoms with E-state index in [9.17, 15) is 22.4 Å². The minimum Gasteiger partial charge on any atom is -0.355 e. The highest BCUT2D eigenvalue weighted by Gasteiger charge is 2.31. The number of halogens is 4. The van der Waals surface area contributed by atoms with Gasteiger partial charge in [-0.1, -0.05) is 12.1 Å². The fourth-order valence-electron chi connectivity index (χ4n) is 2.93. The first-order chi connectivity index (χ1) is 13.3. The Hall–Kier alpha value is -2.29. The van der Waals surface area contributed by atoms with Gasteiger partial charge in [-0.2, -0.15) is 13.2 Å². The Morgan fingerprint density at radius 2 is 1.86 bits per heavy atom. The van der Waals surface area contributed by atoms with Crippen molar-refractivity contribution in [1.82, 2.24) is 9.88 Å². The van der Waals surface area contributed by atoms with Gasteiger partial charge in [0.2, 0.25) is 5.91 Å². The van der Waals surface area contributed by atoms with E-state index in [1.807, 2.05) is 4.90 Å². The number of hydrogen-bond donors (Lipinski definition) is 0. The Balaban J connectivity index is 1.55. The fraction of sp³-hybridized carbons (Fsp3) is 0.368. The van der Waals surface area contributed by atoms with E-state index in [0.29, 0.717) is 43.3 Å². The molecule has 1 aliphatic rings. The molecule has 0 unspecified atom stereocenters. The van der Waals surface area contributed by atoms with Crippen LogP contribution < -0.4 is 4.90 Å². The van der Waals surface area contributed by atoms with Crippen molar-refractivity contribution < 1.29 is 22.4 Å². The van der Waals surface area contributed by atoms with Crippen LogP contribution in [0.5, 0.6) is 0 Å². The van der Waals surface area contributed by atoms with Gasteiger partial charge in [-0.15, -0.1) is 11.8 Å². The molecule has 1 saturated heterocycles. The number of carbonyl (C=O) groups is 1. The lowest BCUT2D eigenvalue weighted by Gasteiger charge is -2.23. The third kappa shape index (κ3) is 5.15. The average Bonchev–Trinajstić information content (AvgIpc) is 2.93. The molecule has 2 aromatic rings. The van der Waals surface area contributed by atoms with Gasteiger partial charge in [0.1, 0.15) is 11.6 Å². The van der Waals surface area contributed by atoms with E-state index in [0.717, 1.165) is 24.0 Å². The fourth-order valence-corrected chi connectivity index (χ4v) is 3.77. The minimum absolute atomic E-state index is 0.0875. The lowest BCUT2D eigenvalue weighted by atomic mass is 10.2. The first-order valence-electron chi connectivity index (χ1n) is 8.78. The van der Waals surface area contributed by atoms with E-state index >= 15 is 0 Å². The van der Waals surface area contributed by atoms with E-state index in [2.05, 4.69) is 4.98 Å². The van der Waals surface area contributed by atoms with Crippen molar-refractivity contribution in [1.29, 1.82) is 0 Å². The van der Waals surface area contributed by atoms with Crippen molar-refractivity contribution in [3.8, 4) is 0 Å². The molecule has 0 N–H and O–H groups in total. The summed E-state index contributed by atoms with van der Waals surface area (Å²) in [7, 11) is 0. The van der Waals surface area contributed by atoms with Crippen molar-refractivity contribution in [3.63, 3.8) is 0 Å². The predicted octanol–water partition coefficient (Wildman–Crippen LogP) is 4.07. The van der Waals surface area contributed by atoms with E-state index in [1.165, 1.54) is 12.1 Å². The second-order valence-electron chi connectivity index (χ2n) is 6.34. The van der Waals surface area contributed by atoms with E-state index < -0.39 is 11.7 Å². The molecular formula is C19H19F4N3OS. The number of thioether (sulfide) groups is 1. The van der Waals surface area contributed by atoms with Crippen molar-refractivity contribution in [2.45, 2.75) is 17.5 Å². The monoisotopic (exact) mass is 413 g/mol. The molecule has 0 radical (unpaired) electrons. The summed E-state index contributed by atoms with van der Waals surface area (Å²) in [6.07, 6.45) is -2.91. The Morgan fingerprint density at radius 1 is 1.07 bits per heavy atom. The maximum atomic E-state index is 13.7. The second-order valence-corrected chi connectivity index (χ2v) is 7.36. The highest BCUT2D eigenvalue weighted by molar-refractivity contribution is 8.00. The SMILES string of the molecule is O=C(CSc1ccccc1F)N1CCCN(c2ccc(C(F)(F)F)cn2)CC1. The Kier molecular flexibility index (Phi) is 6.43. The lowest BCUT2D eigenvalue weighted by Crippen LogP contribution is -2.36. The van der Waals surface area contributed by atoms with E-state index in [1.54, 1.807) is 23.1 Å². The summed E-state index contributed by atoms with van der Waals surface area (Å²) in [5.74, 6) is 0.161. The van der Waals surface area contributed by atoms with Gasteiger partial charge in [0.15, 0.2) is 0 Å². The maximum Gasteiger partial charge on any atom is 0.417 e. The molecule has 0 bridgehead atoms. The molecule has 4 nitrogen and oxygen atoms in total. The molecule has 150 valence electrons. The van der Waals surface area contributed by atoms with Gasteiger partial charge >= 0.3 is 6.18 Å². The van der Waals surface area contributed by atoms with Crippen LogP contribution in [-0.2, 0) is 11.0 Å². The van der Waals surface area contributed by atoms with E-state index in [4.69, 9.17) is 0 Å². The van der Waals surface area contributed by atoms with Crippen molar-refractivity contribution in [2.24, 2.45) is 0 Å². The Morgan fingerprint density at radius 3 is 2.54 bits per heavy atom. The zero-order valence-corrected chi connectivity index (χ0v) is 15.8. The maximum absolute atomic E-state index is 13.7. The van der Waals surface area contributed by atoms with Gasteiger partial charge in [0.25, 0.3) is 0 Å². The van der Waals surface area contributed by atoms with Gasteiger partial charge in [-0.25, -0.2) is 9.37 Å². The number of anilines is 1. The lowest BCUT2D eigenvalue weighted by molar-refractivity contribution is -0.137. The Bertz CT molecular complexity index is 814. The van der Waals surface area contributed by atoms with Crippen molar-refractivity contribution in [2.75, 3.05) is 36.8 Å². The van der Waals surface area contributed by atoms with Gasteiger partial charge in [-0.05, 0) is 30.7 Å². The quantitative estimate of drug-likeness (QED) is 0.559. The second kappa shape index (κ2) is 8.81. The van der Waals surface area contributed by atoms with Crippen LogP contribution in [0.1, 0.15) is 12.0 Å². The molecule has 3 rings (SSSR count). The molecule has 0 saturated carbocycles. The molecule has 1 amide bonds. The molecule has 1 aromatic heterocycles. The molecule has 28 heavy (non-hydrogen) atoms. The van der Waals surface area contributed by atoms with Crippen LogP contribution in [0.25, 0.3) is 0 Å². The van der Waals surface area contributed by atoms with Crippen molar-refractivity contribution >= 4 is 23.5 Å². The van der Waals surface area contributed by atoms with Crippen LogP contribution >= 0.6 is 11.8 Å². The zero-order chi connectivity index (χ0) is 20.1. The normalized spacial score (nSPS) is 15.4. The summed E-state index contributed by atoms with van der Waals surface area (Å²) < 4.78 is 51.7. The molecule has 9 heteroatoms. The number of carbonyl (C=O) groups excluding carboxylic acids is 1. The molecule has 1 fully saturated rings. The van der Waals surface area contributed by atoms with Gasteiger partial charge in [0, 0.05) is 37.3 Å². The van der Waals surface area contributed by atoms with Gasteiger partial charge in [0.05, 0.1) is 11.3 Å². The number of amides is 1. The number of benzene rings is 1. The molecule has 0 atom stereocenters. The summed E-state index contributed by atoms with van der Waals surface area (Å²) in [4.78, 5) is 20.4. The minimum atomic E-state index is -4.41. The molecule has 0 aliphatic carbocycles. The number of rotatable bonds is 4. The number of aromatic nitrogens is 1. The van der Waals surface area contributed by atoms with Gasteiger partial charge < -0.3 is 9.80 Å². The summed E-state index contributed by atoms with van der Waals surface area (Å²) in [6.45, 7) is 2.07. The molecule has 2 heterocycles. The number of hydrogen-bond acceptors (Lipinski definition) is 4. The smallest absolute Gasteiger partial charge is 0.355 e. The largest absolute Gasteiger partial charge is 0.417 e. The first-order valence-corrected chi connectivity index (χ1v) is 9.76. The van der Waals surface area contributed by atoms with Gasteiger partial charge in [-0.3, -0.25) is 4.79 Å². The summed E-state index contributed by atoms with van der Waals surface area (Å²) in [6, 6.07) is 8.67. The summed E-state index contributed by atoms with van der Waals surface area (Å²) in [5.41, 5.74) is -0.784. The van der Waals surface area contributed by atoms with Crippen molar-refractivity contribution in [3.05, 3.63) is 54.0 Å². The molecule has 1 aromatic carbocycles. The highest BCUT2D eigenvalue weighted by atomic mass is 32.2. The topological polar surface area (TPSA) is 36.4 Å². The summed E-state index contributed by atoms with van der Waals surface area (Å²) >= 11 is 1.16. The molecule has 1 aliphatic heterocycles. The molecular weight excluding hydrogens is 394 g/mol. The highest BCUT2D eigenvalue weighted by Crippen LogP contribution is 2.29. The third-order valence-electron chi connectivity index (χ3n) is 4.44. The Labute approximate surface area is 164 Å². The van der Waals surface area contributed by atoms with Crippen LogP contribution in [0.3, 0.4) is 0 Å². The van der Waals surface area contributed by atoms with E-state index in [-0.39, 0.29) is 17.5 Å². The predicted molar refractivity (Wildman–Crippen MR) is 99.8 cm³/mol. The van der Waals surface area contributed by atoms with Crippen LogP contribution in [0.4, 0.5) is 23.4 Å². The zero-order valence-electron chi connectivity index (χ0n) is 15.0. The van der Waals surface area contributed by atoms with Crippen LogP contribution in [0, 0.1) is 5.82 Å². The van der Waals surface area contributed by atoms with Crippen LogP contribution in [-0.4, -0.2) is 47.7 Å². The van der Waals surface area contributed by atoms with Crippen LogP contribution in [0.15, 0.2) is 47.5 Å². The number of pyridine rings is 1. The average molecular weight is 413 g/mol.